The molecule has 0 saturated carbocycles. The monoisotopic (exact) mass is 261 g/mol. The largest absolute Gasteiger partial charge is 0.389 e. The van der Waals surface area contributed by atoms with E-state index in [9.17, 15) is 4.39 Å². The molecule has 0 atom stereocenters. The molecule has 92 valence electrons. The molecule has 3 N–H and O–H groups in total. The summed E-state index contributed by atoms with van der Waals surface area (Å²) in [6, 6.07) is 9.94. The van der Waals surface area contributed by atoms with Crippen molar-refractivity contribution in [3.05, 3.63) is 59.5 Å². The summed E-state index contributed by atoms with van der Waals surface area (Å²) in [7, 11) is 0. The molecule has 0 fully saturated rings. The van der Waals surface area contributed by atoms with Crippen molar-refractivity contribution in [3.8, 4) is 0 Å². The first kappa shape index (κ1) is 12.4. The third-order valence-electron chi connectivity index (χ3n) is 2.42. The number of thiocarbonyl (C=S) groups is 1. The number of hydrogen-bond acceptors (Lipinski definition) is 3. The number of hydrogen-bond donors (Lipinski definition) is 2. The van der Waals surface area contributed by atoms with Crippen LogP contribution in [-0.2, 0) is 6.54 Å². The van der Waals surface area contributed by atoms with Gasteiger partial charge in [-0.05, 0) is 29.8 Å². The predicted octanol–water partition coefficient (Wildman–Crippen LogP) is 2.47. The summed E-state index contributed by atoms with van der Waals surface area (Å²) in [6.07, 6.45) is 1.65. The molecular formula is C13H12FN3S. The average Bonchev–Trinajstić information content (AvgIpc) is 2.37. The molecule has 0 amide bonds. The molecule has 5 heteroatoms. The first-order chi connectivity index (χ1) is 8.66. The molecule has 0 aliphatic heterocycles. The van der Waals surface area contributed by atoms with Crippen molar-refractivity contribution in [2.24, 2.45) is 5.73 Å². The molecule has 18 heavy (non-hydrogen) atoms. The molecule has 0 unspecified atom stereocenters. The van der Waals surface area contributed by atoms with E-state index in [0.717, 1.165) is 5.56 Å². The lowest BCUT2D eigenvalue weighted by Crippen LogP contribution is -2.14. The molecule has 3 nitrogen and oxygen atoms in total. The molecule has 0 saturated heterocycles. The van der Waals surface area contributed by atoms with E-state index in [0.29, 0.717) is 17.9 Å². The minimum Gasteiger partial charge on any atom is -0.389 e. The highest BCUT2D eigenvalue weighted by atomic mass is 32.1. The van der Waals surface area contributed by atoms with Crippen LogP contribution in [0.4, 0.5) is 10.2 Å². The maximum atomic E-state index is 13.0. The molecule has 2 aromatic rings. The van der Waals surface area contributed by atoms with Crippen molar-refractivity contribution < 1.29 is 4.39 Å². The number of aromatic nitrogens is 1. The van der Waals surface area contributed by atoms with Crippen LogP contribution >= 0.6 is 12.2 Å². The first-order valence-corrected chi connectivity index (χ1v) is 5.81. The molecule has 1 aromatic carbocycles. The zero-order valence-corrected chi connectivity index (χ0v) is 10.4. The van der Waals surface area contributed by atoms with Crippen LogP contribution in [0, 0.1) is 5.82 Å². The molecule has 0 bridgehead atoms. The summed E-state index contributed by atoms with van der Waals surface area (Å²) in [5, 5.41) is 3.09. The zero-order chi connectivity index (χ0) is 13.0. The average molecular weight is 261 g/mol. The van der Waals surface area contributed by atoms with Crippen molar-refractivity contribution in [2.45, 2.75) is 6.54 Å². The Labute approximate surface area is 110 Å². The summed E-state index contributed by atoms with van der Waals surface area (Å²) in [5.41, 5.74) is 7.11. The van der Waals surface area contributed by atoms with Crippen molar-refractivity contribution >= 4 is 23.0 Å². The van der Waals surface area contributed by atoms with E-state index < -0.39 is 0 Å². The van der Waals surface area contributed by atoms with Crippen LogP contribution in [0.5, 0.6) is 0 Å². The van der Waals surface area contributed by atoms with Crippen LogP contribution in [0.15, 0.2) is 42.6 Å². The quantitative estimate of drug-likeness (QED) is 0.830. The molecule has 1 heterocycles. The van der Waals surface area contributed by atoms with Gasteiger partial charge in [-0.25, -0.2) is 9.37 Å². The van der Waals surface area contributed by atoms with Crippen LogP contribution in [0.2, 0.25) is 0 Å². The van der Waals surface area contributed by atoms with Crippen molar-refractivity contribution in [1.82, 2.24) is 4.98 Å². The number of nitrogens with two attached hydrogens (primary N) is 1. The lowest BCUT2D eigenvalue weighted by molar-refractivity contribution is 0.626. The van der Waals surface area contributed by atoms with E-state index in [1.165, 1.54) is 12.1 Å². The van der Waals surface area contributed by atoms with Gasteiger partial charge in [-0.3, -0.25) is 0 Å². The van der Waals surface area contributed by atoms with Gasteiger partial charge in [-0.15, -0.1) is 0 Å². The Hall–Kier alpha value is -2.01. The Morgan fingerprint density at radius 2 is 2.17 bits per heavy atom. The van der Waals surface area contributed by atoms with Crippen LogP contribution in [0.1, 0.15) is 11.1 Å². The Kier molecular flexibility index (Phi) is 3.84. The van der Waals surface area contributed by atoms with E-state index >= 15 is 0 Å². The van der Waals surface area contributed by atoms with Gasteiger partial charge < -0.3 is 11.1 Å². The molecule has 0 aliphatic rings. The summed E-state index contributed by atoms with van der Waals surface area (Å²) < 4.78 is 13.0. The Bertz CT molecular complexity index is 572. The fourth-order valence-corrected chi connectivity index (χ4v) is 1.74. The number of halogens is 1. The predicted molar refractivity (Wildman–Crippen MR) is 73.9 cm³/mol. The highest BCUT2D eigenvalue weighted by molar-refractivity contribution is 7.80. The van der Waals surface area contributed by atoms with E-state index in [4.69, 9.17) is 18.0 Å². The van der Waals surface area contributed by atoms with Crippen LogP contribution < -0.4 is 11.1 Å². The van der Waals surface area contributed by atoms with E-state index in [1.54, 1.807) is 24.4 Å². The van der Waals surface area contributed by atoms with Crippen LogP contribution in [0.25, 0.3) is 0 Å². The topological polar surface area (TPSA) is 50.9 Å². The minimum atomic E-state index is -0.259. The smallest absolute Gasteiger partial charge is 0.136 e. The standard InChI is InChI=1S/C13H12FN3S/c14-10-4-1-3-9(7-10)8-17-13-11(12(15)18)5-2-6-16-13/h1-7H,8H2,(H2,15,18)(H,16,17). The number of benzene rings is 1. The van der Waals surface area contributed by atoms with Gasteiger partial charge in [-0.2, -0.15) is 0 Å². The Morgan fingerprint density at radius 1 is 1.33 bits per heavy atom. The summed E-state index contributed by atoms with van der Waals surface area (Å²) >= 11 is 4.94. The second kappa shape index (κ2) is 5.55. The van der Waals surface area contributed by atoms with Gasteiger partial charge in [0.15, 0.2) is 0 Å². The van der Waals surface area contributed by atoms with Gasteiger partial charge in [0.2, 0.25) is 0 Å². The van der Waals surface area contributed by atoms with Crippen molar-refractivity contribution in [3.63, 3.8) is 0 Å². The summed E-state index contributed by atoms with van der Waals surface area (Å²) in [5.74, 6) is 0.346. The number of pyridine rings is 1. The second-order valence-corrected chi connectivity index (χ2v) is 4.19. The third kappa shape index (κ3) is 3.01. The highest BCUT2D eigenvalue weighted by Gasteiger charge is 2.05. The van der Waals surface area contributed by atoms with Gasteiger partial charge in [0, 0.05) is 12.7 Å². The van der Waals surface area contributed by atoms with E-state index in [2.05, 4.69) is 10.3 Å². The van der Waals surface area contributed by atoms with Crippen molar-refractivity contribution in [1.29, 1.82) is 0 Å². The van der Waals surface area contributed by atoms with Crippen molar-refractivity contribution in [2.75, 3.05) is 5.32 Å². The first-order valence-electron chi connectivity index (χ1n) is 5.40. The van der Waals surface area contributed by atoms with E-state index in [1.807, 2.05) is 6.07 Å². The molecular weight excluding hydrogens is 249 g/mol. The number of nitrogens with one attached hydrogen (secondary N) is 1. The van der Waals surface area contributed by atoms with Crippen LogP contribution in [-0.4, -0.2) is 9.97 Å². The third-order valence-corrected chi connectivity index (χ3v) is 2.64. The Morgan fingerprint density at radius 3 is 2.89 bits per heavy atom. The fourth-order valence-electron chi connectivity index (χ4n) is 1.58. The number of rotatable bonds is 4. The normalized spacial score (nSPS) is 10.1. The zero-order valence-electron chi connectivity index (χ0n) is 9.56. The highest BCUT2D eigenvalue weighted by Crippen LogP contribution is 2.13. The maximum Gasteiger partial charge on any atom is 0.136 e. The Balaban J connectivity index is 2.13. The molecule has 0 aliphatic carbocycles. The van der Waals surface area contributed by atoms with Gasteiger partial charge in [0.05, 0.1) is 5.56 Å². The van der Waals surface area contributed by atoms with Gasteiger partial charge in [0.25, 0.3) is 0 Å². The molecule has 2 rings (SSSR count). The summed E-state index contributed by atoms with van der Waals surface area (Å²) in [6.45, 7) is 0.463. The maximum absolute atomic E-state index is 13.0. The minimum absolute atomic E-state index is 0.259. The van der Waals surface area contributed by atoms with Gasteiger partial charge in [-0.1, -0.05) is 24.4 Å². The lowest BCUT2D eigenvalue weighted by Gasteiger charge is -2.09. The molecule has 1 aromatic heterocycles. The molecule has 0 radical (unpaired) electrons. The van der Waals surface area contributed by atoms with Crippen LogP contribution in [0.3, 0.4) is 0 Å². The molecule has 0 spiro atoms. The second-order valence-electron chi connectivity index (χ2n) is 3.75. The number of anilines is 1. The SMILES string of the molecule is NC(=S)c1cccnc1NCc1cccc(F)c1. The van der Waals surface area contributed by atoms with Gasteiger partial charge in [0.1, 0.15) is 16.6 Å². The van der Waals surface area contributed by atoms with E-state index in [-0.39, 0.29) is 10.8 Å². The number of nitrogens with zero attached hydrogens (tertiary/aromatic N) is 1. The lowest BCUT2D eigenvalue weighted by atomic mass is 10.2. The fraction of sp³-hybridized carbons (Fsp3) is 0.0769. The summed E-state index contributed by atoms with van der Waals surface area (Å²) in [4.78, 5) is 4.45. The van der Waals surface area contributed by atoms with Gasteiger partial charge >= 0.3 is 0 Å².